The molecule has 0 bridgehead atoms. The van der Waals surface area contributed by atoms with Gasteiger partial charge >= 0.3 is 5.97 Å². The summed E-state index contributed by atoms with van der Waals surface area (Å²) in [6.45, 7) is 0.481. The normalized spacial score (nSPS) is 19.4. The van der Waals surface area contributed by atoms with E-state index >= 15 is 0 Å². The Balaban J connectivity index is 1.63. The zero-order chi connectivity index (χ0) is 14.8. The van der Waals surface area contributed by atoms with Gasteiger partial charge in [0.15, 0.2) is 6.10 Å². The zero-order valence-electron chi connectivity index (χ0n) is 11.6. The summed E-state index contributed by atoms with van der Waals surface area (Å²) in [4.78, 5) is 27.0. The molecule has 1 aliphatic heterocycles. The Morgan fingerprint density at radius 3 is 3.10 bits per heavy atom. The number of carbonyl (C=O) groups excluding carboxylic acids is 2. The van der Waals surface area contributed by atoms with Crippen molar-refractivity contribution in [3.05, 3.63) is 21.9 Å². The predicted octanol–water partition coefficient (Wildman–Crippen LogP) is 1.98. The standard InChI is InChI=1S/C15H16N2O3S/c16-8-12(10-3-4-10)20-14(18)9-17-6-1-2-13-11(15(17)19)5-7-21-13/h5,7,10,12H,1-4,6,9H2/t12-/m1/s1. The summed E-state index contributed by atoms with van der Waals surface area (Å²) in [5.74, 6) is -0.414. The molecule has 1 aromatic rings. The van der Waals surface area contributed by atoms with E-state index in [-0.39, 0.29) is 18.4 Å². The average Bonchev–Trinajstić information content (AvgIpc) is 3.23. The van der Waals surface area contributed by atoms with E-state index in [0.29, 0.717) is 12.1 Å². The molecule has 110 valence electrons. The van der Waals surface area contributed by atoms with Crippen LogP contribution in [0.1, 0.15) is 34.5 Å². The lowest BCUT2D eigenvalue weighted by Crippen LogP contribution is -2.37. The van der Waals surface area contributed by atoms with Gasteiger partial charge in [0.25, 0.3) is 5.91 Å². The second-order valence-corrected chi connectivity index (χ2v) is 6.47. The molecule has 0 radical (unpaired) electrons. The molecule has 5 nitrogen and oxygen atoms in total. The lowest BCUT2D eigenvalue weighted by Gasteiger charge is -2.20. The van der Waals surface area contributed by atoms with Crippen LogP contribution >= 0.6 is 11.3 Å². The van der Waals surface area contributed by atoms with Crippen molar-refractivity contribution in [3.63, 3.8) is 0 Å². The first-order valence-electron chi connectivity index (χ1n) is 7.14. The van der Waals surface area contributed by atoms with Crippen LogP contribution in [0, 0.1) is 17.2 Å². The summed E-state index contributed by atoms with van der Waals surface area (Å²) in [5, 5.41) is 10.9. The van der Waals surface area contributed by atoms with E-state index in [1.165, 1.54) is 4.90 Å². The lowest BCUT2D eigenvalue weighted by molar-refractivity contribution is -0.148. The highest BCUT2D eigenvalue weighted by Crippen LogP contribution is 2.34. The third-order valence-corrected chi connectivity index (χ3v) is 4.83. The third kappa shape index (κ3) is 3.08. The van der Waals surface area contributed by atoms with Crippen molar-refractivity contribution in [1.29, 1.82) is 5.26 Å². The van der Waals surface area contributed by atoms with E-state index in [4.69, 9.17) is 10.00 Å². The third-order valence-electron chi connectivity index (χ3n) is 3.85. The maximum absolute atomic E-state index is 12.4. The number of rotatable bonds is 4. The molecule has 1 saturated carbocycles. The SMILES string of the molecule is N#C[C@@H](OC(=O)CN1CCCc2sccc2C1=O)C1CC1. The van der Waals surface area contributed by atoms with Crippen LogP contribution in [0.2, 0.25) is 0 Å². The van der Waals surface area contributed by atoms with Crippen LogP contribution in [-0.4, -0.2) is 36.0 Å². The van der Waals surface area contributed by atoms with Gasteiger partial charge in [0.05, 0.1) is 5.56 Å². The summed E-state index contributed by atoms with van der Waals surface area (Å²) in [5.41, 5.74) is 0.698. The van der Waals surface area contributed by atoms with Gasteiger partial charge in [-0.3, -0.25) is 9.59 Å². The van der Waals surface area contributed by atoms with Crippen molar-refractivity contribution in [2.45, 2.75) is 31.8 Å². The van der Waals surface area contributed by atoms with Gasteiger partial charge in [0.2, 0.25) is 0 Å². The monoisotopic (exact) mass is 304 g/mol. The van der Waals surface area contributed by atoms with Crippen molar-refractivity contribution in [1.82, 2.24) is 4.90 Å². The Morgan fingerprint density at radius 1 is 1.57 bits per heavy atom. The van der Waals surface area contributed by atoms with Crippen LogP contribution in [-0.2, 0) is 16.0 Å². The van der Waals surface area contributed by atoms with Gasteiger partial charge in [-0.15, -0.1) is 11.3 Å². The van der Waals surface area contributed by atoms with Crippen LogP contribution in [0.15, 0.2) is 11.4 Å². The fraction of sp³-hybridized carbons (Fsp3) is 0.533. The molecule has 0 spiro atoms. The Morgan fingerprint density at radius 2 is 2.38 bits per heavy atom. The molecule has 2 heterocycles. The van der Waals surface area contributed by atoms with Gasteiger partial charge in [-0.1, -0.05) is 0 Å². The van der Waals surface area contributed by atoms with Crippen molar-refractivity contribution >= 4 is 23.2 Å². The summed E-state index contributed by atoms with van der Waals surface area (Å²) < 4.78 is 5.19. The Hall–Kier alpha value is -1.87. The van der Waals surface area contributed by atoms with E-state index in [2.05, 4.69) is 0 Å². The highest BCUT2D eigenvalue weighted by atomic mass is 32.1. The van der Waals surface area contributed by atoms with E-state index in [1.807, 2.05) is 17.5 Å². The number of carbonyl (C=O) groups is 2. The van der Waals surface area contributed by atoms with Gasteiger partial charge in [-0.05, 0) is 37.1 Å². The number of ether oxygens (including phenoxy) is 1. The number of nitrogens with zero attached hydrogens (tertiary/aromatic N) is 2. The largest absolute Gasteiger partial charge is 0.445 e. The molecule has 21 heavy (non-hydrogen) atoms. The quantitative estimate of drug-likeness (QED) is 0.798. The van der Waals surface area contributed by atoms with E-state index < -0.39 is 12.1 Å². The van der Waals surface area contributed by atoms with Crippen molar-refractivity contribution in [2.24, 2.45) is 5.92 Å². The van der Waals surface area contributed by atoms with Gasteiger partial charge in [0.1, 0.15) is 12.6 Å². The molecule has 1 amide bonds. The summed E-state index contributed by atoms with van der Waals surface area (Å²) in [6.07, 6.45) is 2.93. The van der Waals surface area contributed by atoms with Crippen molar-refractivity contribution in [2.75, 3.05) is 13.1 Å². The highest BCUT2D eigenvalue weighted by molar-refractivity contribution is 7.10. The Bertz CT molecular complexity index is 600. The zero-order valence-corrected chi connectivity index (χ0v) is 12.4. The lowest BCUT2D eigenvalue weighted by atomic mass is 10.2. The van der Waals surface area contributed by atoms with Crippen LogP contribution in [0.5, 0.6) is 0 Å². The minimum Gasteiger partial charge on any atom is -0.445 e. The maximum atomic E-state index is 12.4. The molecule has 1 fully saturated rings. The van der Waals surface area contributed by atoms with Crippen molar-refractivity contribution in [3.8, 4) is 6.07 Å². The van der Waals surface area contributed by atoms with Gasteiger partial charge in [-0.25, -0.2) is 0 Å². The number of esters is 1. The number of nitriles is 1. The molecule has 6 heteroatoms. The molecule has 0 saturated heterocycles. The van der Waals surface area contributed by atoms with Gasteiger partial charge in [-0.2, -0.15) is 5.26 Å². The molecule has 1 atom stereocenters. The topological polar surface area (TPSA) is 70.4 Å². The number of hydrogen-bond donors (Lipinski definition) is 0. The van der Waals surface area contributed by atoms with E-state index in [1.54, 1.807) is 11.3 Å². The smallest absolute Gasteiger partial charge is 0.326 e. The van der Waals surface area contributed by atoms with Crippen molar-refractivity contribution < 1.29 is 14.3 Å². The first-order valence-corrected chi connectivity index (χ1v) is 8.01. The van der Waals surface area contributed by atoms with Crippen LogP contribution < -0.4 is 0 Å². The van der Waals surface area contributed by atoms with Crippen LogP contribution in [0.4, 0.5) is 0 Å². The minimum absolute atomic E-state index is 0.0704. The molecule has 0 unspecified atom stereocenters. The summed E-state index contributed by atoms with van der Waals surface area (Å²) >= 11 is 1.58. The molecule has 1 aliphatic carbocycles. The second-order valence-electron chi connectivity index (χ2n) is 5.46. The Labute approximate surface area is 127 Å². The fourth-order valence-electron chi connectivity index (χ4n) is 2.54. The van der Waals surface area contributed by atoms with E-state index in [9.17, 15) is 9.59 Å². The van der Waals surface area contributed by atoms with Crippen LogP contribution in [0.25, 0.3) is 0 Å². The summed E-state index contributed by atoms with van der Waals surface area (Å²) in [6, 6.07) is 3.84. The number of amides is 1. The average molecular weight is 304 g/mol. The molecule has 2 aliphatic rings. The second kappa shape index (κ2) is 5.86. The van der Waals surface area contributed by atoms with Gasteiger partial charge in [0, 0.05) is 17.3 Å². The highest BCUT2D eigenvalue weighted by Gasteiger charge is 2.35. The first-order chi connectivity index (χ1) is 10.2. The first kappa shape index (κ1) is 14.1. The Kier molecular flexibility index (Phi) is 3.93. The number of hydrogen-bond acceptors (Lipinski definition) is 5. The fourth-order valence-corrected chi connectivity index (χ4v) is 3.45. The molecular formula is C15H16N2O3S. The van der Waals surface area contributed by atoms with Gasteiger partial charge < -0.3 is 9.64 Å². The molecule has 0 N–H and O–H groups in total. The number of fused-ring (bicyclic) bond motifs is 1. The van der Waals surface area contributed by atoms with Crippen LogP contribution in [0.3, 0.4) is 0 Å². The van der Waals surface area contributed by atoms with E-state index in [0.717, 1.165) is 30.6 Å². The minimum atomic E-state index is -0.656. The molecule has 3 rings (SSSR count). The molecule has 0 aromatic carbocycles. The maximum Gasteiger partial charge on any atom is 0.326 e. The predicted molar refractivity (Wildman–Crippen MR) is 76.8 cm³/mol. The number of aryl methyl sites for hydroxylation is 1. The molecule has 1 aromatic heterocycles. The number of thiophene rings is 1. The summed E-state index contributed by atoms with van der Waals surface area (Å²) in [7, 11) is 0. The molecular weight excluding hydrogens is 288 g/mol.